The molecule has 1 unspecified atom stereocenters. The fraction of sp³-hybridized carbons (Fsp3) is 0.621. The molecule has 1 atom stereocenters. The molecule has 34 heavy (non-hydrogen) atoms. The van der Waals surface area contributed by atoms with Crippen molar-refractivity contribution in [2.45, 2.75) is 93.9 Å². The highest BCUT2D eigenvalue weighted by molar-refractivity contribution is 5.76. The maximum absolute atomic E-state index is 5.69. The van der Waals surface area contributed by atoms with Crippen LogP contribution in [0.4, 0.5) is 5.82 Å². The maximum atomic E-state index is 5.69. The number of anilines is 1. The van der Waals surface area contributed by atoms with E-state index in [2.05, 4.69) is 58.1 Å². The van der Waals surface area contributed by atoms with Gasteiger partial charge in [0, 0.05) is 31.5 Å². The number of nitrogens with one attached hydrogen (secondary N) is 1. The predicted octanol–water partition coefficient (Wildman–Crippen LogP) is 7.98. The van der Waals surface area contributed by atoms with Gasteiger partial charge in [0.15, 0.2) is 0 Å². The van der Waals surface area contributed by atoms with Crippen LogP contribution in [0.1, 0.15) is 103 Å². The standard InChI is InChI=1S/C27H42N4O.C2H6/c1-9-16-32-17-15-22(10-2)12-11-19(5)25-20(6)29-21(7)26(31-25)23-13-14-24(18(3)4)30-27(23)28-8;1-2/h11,13-14,18,22H,9-10,12,15-17H2,1-8H3,(H,28,30);1-2H3/b19-11-;. The Hall–Kier alpha value is -2.27. The molecule has 2 heterocycles. The molecule has 2 aromatic heterocycles. The smallest absolute Gasteiger partial charge is 0.135 e. The fourth-order valence-corrected chi connectivity index (χ4v) is 3.86. The molecule has 190 valence electrons. The molecule has 2 rings (SSSR count). The van der Waals surface area contributed by atoms with Crippen LogP contribution >= 0.6 is 0 Å². The van der Waals surface area contributed by atoms with E-state index in [1.165, 1.54) is 5.57 Å². The molecule has 0 bridgehead atoms. The van der Waals surface area contributed by atoms with Crippen molar-refractivity contribution in [2.24, 2.45) is 5.92 Å². The predicted molar refractivity (Wildman–Crippen MR) is 147 cm³/mol. The number of pyridine rings is 1. The number of rotatable bonds is 12. The number of aryl methyl sites for hydroxylation is 2. The van der Waals surface area contributed by atoms with Crippen LogP contribution in [-0.4, -0.2) is 35.2 Å². The summed E-state index contributed by atoms with van der Waals surface area (Å²) in [5.41, 5.74) is 7.01. The largest absolute Gasteiger partial charge is 0.381 e. The Morgan fingerprint density at radius 2 is 1.74 bits per heavy atom. The number of aromatic nitrogens is 3. The molecule has 0 saturated heterocycles. The maximum Gasteiger partial charge on any atom is 0.135 e. The van der Waals surface area contributed by atoms with Crippen molar-refractivity contribution >= 4 is 11.4 Å². The van der Waals surface area contributed by atoms with Gasteiger partial charge in [-0.3, -0.25) is 4.98 Å². The minimum absolute atomic E-state index is 0.376. The van der Waals surface area contributed by atoms with Gasteiger partial charge in [0.25, 0.3) is 0 Å². The lowest BCUT2D eigenvalue weighted by molar-refractivity contribution is 0.120. The molecule has 5 nitrogen and oxygen atoms in total. The second kappa shape index (κ2) is 15.6. The molecule has 0 aliphatic carbocycles. The van der Waals surface area contributed by atoms with Crippen LogP contribution in [0.5, 0.6) is 0 Å². The van der Waals surface area contributed by atoms with Crippen LogP contribution in [-0.2, 0) is 4.74 Å². The first-order chi connectivity index (χ1) is 16.3. The summed E-state index contributed by atoms with van der Waals surface area (Å²) in [6, 6.07) is 4.21. The van der Waals surface area contributed by atoms with Crippen LogP contribution in [0.3, 0.4) is 0 Å². The summed E-state index contributed by atoms with van der Waals surface area (Å²) >= 11 is 0. The summed E-state index contributed by atoms with van der Waals surface area (Å²) in [6.45, 7) is 20.6. The first-order valence-electron chi connectivity index (χ1n) is 13.1. The lowest BCUT2D eigenvalue weighted by Gasteiger charge is -2.16. The Labute approximate surface area is 208 Å². The normalized spacial score (nSPS) is 12.4. The second-order valence-corrected chi connectivity index (χ2v) is 8.93. The first-order valence-corrected chi connectivity index (χ1v) is 13.1. The Kier molecular flexibility index (Phi) is 13.7. The third-order valence-electron chi connectivity index (χ3n) is 5.97. The number of hydrogen-bond acceptors (Lipinski definition) is 5. The van der Waals surface area contributed by atoms with Gasteiger partial charge in [0.1, 0.15) is 5.82 Å². The number of allylic oxidation sites excluding steroid dienone is 2. The van der Waals surface area contributed by atoms with E-state index in [4.69, 9.17) is 19.7 Å². The number of hydrogen-bond donors (Lipinski definition) is 1. The zero-order valence-electron chi connectivity index (χ0n) is 23.4. The van der Waals surface area contributed by atoms with Crippen molar-refractivity contribution in [3.63, 3.8) is 0 Å². The van der Waals surface area contributed by atoms with E-state index in [-0.39, 0.29) is 0 Å². The minimum Gasteiger partial charge on any atom is -0.381 e. The molecular formula is C29H48N4O. The van der Waals surface area contributed by atoms with Gasteiger partial charge in [0.2, 0.25) is 0 Å². The molecular weight excluding hydrogens is 420 g/mol. The fourth-order valence-electron chi connectivity index (χ4n) is 3.86. The van der Waals surface area contributed by atoms with Crippen molar-refractivity contribution in [2.75, 3.05) is 25.6 Å². The van der Waals surface area contributed by atoms with Crippen molar-refractivity contribution < 1.29 is 4.74 Å². The van der Waals surface area contributed by atoms with Crippen molar-refractivity contribution in [3.05, 3.63) is 41.0 Å². The van der Waals surface area contributed by atoms with Crippen LogP contribution in [0, 0.1) is 19.8 Å². The van der Waals surface area contributed by atoms with Crippen LogP contribution in [0.2, 0.25) is 0 Å². The van der Waals surface area contributed by atoms with Crippen molar-refractivity contribution in [3.8, 4) is 11.3 Å². The molecule has 2 aromatic rings. The summed E-state index contributed by atoms with van der Waals surface area (Å²) in [4.78, 5) is 14.7. The summed E-state index contributed by atoms with van der Waals surface area (Å²) < 4.78 is 5.69. The molecule has 0 radical (unpaired) electrons. The third kappa shape index (κ3) is 8.50. The monoisotopic (exact) mass is 468 g/mol. The highest BCUT2D eigenvalue weighted by Gasteiger charge is 2.16. The Balaban J connectivity index is 0.00000281. The van der Waals surface area contributed by atoms with Gasteiger partial charge in [-0.05, 0) is 69.6 Å². The molecule has 0 spiro atoms. The molecule has 0 saturated carbocycles. The van der Waals surface area contributed by atoms with E-state index < -0.39 is 0 Å². The van der Waals surface area contributed by atoms with E-state index in [9.17, 15) is 0 Å². The van der Waals surface area contributed by atoms with Gasteiger partial charge < -0.3 is 10.1 Å². The van der Waals surface area contributed by atoms with E-state index in [1.54, 1.807) is 0 Å². The molecule has 1 N–H and O–H groups in total. The second-order valence-electron chi connectivity index (χ2n) is 8.93. The zero-order valence-corrected chi connectivity index (χ0v) is 23.4. The van der Waals surface area contributed by atoms with Crippen LogP contribution in [0.15, 0.2) is 18.2 Å². The SMILES string of the molecule is CC.CCCOCCC(CC)C/C=C(/C)c1nc(-c2ccc(C(C)C)nc2NC)c(C)nc1C. The van der Waals surface area contributed by atoms with E-state index in [1.807, 2.05) is 34.7 Å². The van der Waals surface area contributed by atoms with Gasteiger partial charge in [0.05, 0.1) is 22.8 Å². The summed E-state index contributed by atoms with van der Waals surface area (Å²) in [6.07, 6.45) is 6.69. The van der Waals surface area contributed by atoms with Gasteiger partial charge in [-0.1, -0.05) is 54.0 Å². The summed E-state index contributed by atoms with van der Waals surface area (Å²) in [5, 5.41) is 3.25. The lowest BCUT2D eigenvalue weighted by Crippen LogP contribution is -2.06. The van der Waals surface area contributed by atoms with E-state index in [0.29, 0.717) is 11.8 Å². The Bertz CT molecular complexity index is 905. The van der Waals surface area contributed by atoms with Gasteiger partial charge in [-0.2, -0.15) is 0 Å². The van der Waals surface area contributed by atoms with E-state index >= 15 is 0 Å². The molecule has 0 aromatic carbocycles. The molecule has 0 aliphatic heterocycles. The average Bonchev–Trinajstić information content (AvgIpc) is 2.84. The topological polar surface area (TPSA) is 59.9 Å². The van der Waals surface area contributed by atoms with Gasteiger partial charge in [-0.15, -0.1) is 0 Å². The van der Waals surface area contributed by atoms with Crippen LogP contribution < -0.4 is 5.32 Å². The minimum atomic E-state index is 0.376. The summed E-state index contributed by atoms with van der Waals surface area (Å²) in [7, 11) is 1.91. The van der Waals surface area contributed by atoms with Crippen molar-refractivity contribution in [1.29, 1.82) is 0 Å². The third-order valence-corrected chi connectivity index (χ3v) is 5.97. The molecule has 5 heteroatoms. The summed E-state index contributed by atoms with van der Waals surface area (Å²) in [5.74, 6) is 1.85. The molecule has 0 fully saturated rings. The van der Waals surface area contributed by atoms with Crippen LogP contribution in [0.25, 0.3) is 16.8 Å². The van der Waals surface area contributed by atoms with Gasteiger partial charge in [-0.25, -0.2) is 9.97 Å². The lowest BCUT2D eigenvalue weighted by atomic mass is 9.96. The molecule has 0 aliphatic rings. The van der Waals surface area contributed by atoms with E-state index in [0.717, 1.165) is 78.7 Å². The Morgan fingerprint density at radius 1 is 1.03 bits per heavy atom. The quantitative estimate of drug-likeness (QED) is 0.320. The van der Waals surface area contributed by atoms with Crippen molar-refractivity contribution in [1.82, 2.24) is 15.0 Å². The van der Waals surface area contributed by atoms with Gasteiger partial charge >= 0.3 is 0 Å². The number of ether oxygens (including phenoxy) is 1. The zero-order chi connectivity index (χ0) is 25.7. The highest BCUT2D eigenvalue weighted by Crippen LogP contribution is 2.31. The number of nitrogens with zero attached hydrogens (tertiary/aromatic N) is 3. The highest BCUT2D eigenvalue weighted by atomic mass is 16.5. The molecule has 0 amide bonds. The average molecular weight is 469 g/mol. The Morgan fingerprint density at radius 3 is 2.32 bits per heavy atom. The first kappa shape index (κ1) is 29.8.